The van der Waals surface area contributed by atoms with Crippen LogP contribution in [0.3, 0.4) is 0 Å². The molecule has 2 aromatic heterocycles. The highest BCUT2D eigenvalue weighted by atomic mass is 35.5. The van der Waals surface area contributed by atoms with Gasteiger partial charge < -0.3 is 4.57 Å². The Kier molecular flexibility index (Phi) is 3.91. The van der Waals surface area contributed by atoms with Crippen LogP contribution in [0.4, 0.5) is 0 Å². The third-order valence-electron chi connectivity index (χ3n) is 4.64. The second-order valence-corrected chi connectivity index (χ2v) is 7.79. The van der Waals surface area contributed by atoms with Crippen LogP contribution >= 0.6 is 23.2 Å². The number of hydrogen-bond acceptors (Lipinski definition) is 2. The van der Waals surface area contributed by atoms with E-state index < -0.39 is 0 Å². The van der Waals surface area contributed by atoms with Gasteiger partial charge in [0, 0.05) is 12.2 Å². The van der Waals surface area contributed by atoms with Crippen LogP contribution in [0.5, 0.6) is 0 Å². The normalized spacial score (nSPS) is 23.4. The SMILES string of the molecule is CC(Cl)c1nc2cc(Cl)cnc2n1C1CCCCC1(C)C. The minimum absolute atomic E-state index is 0.143. The molecule has 2 heterocycles. The van der Waals surface area contributed by atoms with Crippen molar-refractivity contribution < 1.29 is 0 Å². The van der Waals surface area contributed by atoms with Crippen molar-refractivity contribution in [3.8, 4) is 0 Å². The molecule has 1 saturated carbocycles. The number of hydrogen-bond donors (Lipinski definition) is 0. The minimum Gasteiger partial charge on any atom is -0.308 e. The van der Waals surface area contributed by atoms with Gasteiger partial charge in [0.05, 0.1) is 10.4 Å². The van der Waals surface area contributed by atoms with E-state index in [0.717, 1.165) is 23.4 Å². The minimum atomic E-state index is -0.143. The predicted molar refractivity (Wildman–Crippen MR) is 88.1 cm³/mol. The summed E-state index contributed by atoms with van der Waals surface area (Å²) in [7, 11) is 0. The molecule has 0 radical (unpaired) electrons. The van der Waals surface area contributed by atoms with Gasteiger partial charge in [0.1, 0.15) is 11.3 Å². The Morgan fingerprint density at radius 2 is 2.14 bits per heavy atom. The number of imidazole rings is 1. The molecular formula is C16H21Cl2N3. The Morgan fingerprint density at radius 1 is 1.38 bits per heavy atom. The molecule has 0 N–H and O–H groups in total. The van der Waals surface area contributed by atoms with E-state index in [-0.39, 0.29) is 10.8 Å². The zero-order valence-electron chi connectivity index (χ0n) is 12.7. The van der Waals surface area contributed by atoms with Crippen LogP contribution in [-0.4, -0.2) is 14.5 Å². The lowest BCUT2D eigenvalue weighted by molar-refractivity contribution is 0.144. The molecule has 0 amide bonds. The third-order valence-corrected chi connectivity index (χ3v) is 5.04. The van der Waals surface area contributed by atoms with Gasteiger partial charge >= 0.3 is 0 Å². The highest BCUT2D eigenvalue weighted by Gasteiger charge is 2.36. The summed E-state index contributed by atoms with van der Waals surface area (Å²) in [6.07, 6.45) is 6.61. The molecule has 0 aliphatic heterocycles. The van der Waals surface area contributed by atoms with Gasteiger partial charge in [0.25, 0.3) is 0 Å². The van der Waals surface area contributed by atoms with Gasteiger partial charge in [-0.1, -0.05) is 38.3 Å². The Morgan fingerprint density at radius 3 is 2.81 bits per heavy atom. The first kappa shape index (κ1) is 15.1. The summed E-state index contributed by atoms with van der Waals surface area (Å²) in [5, 5.41) is 0.472. The second-order valence-electron chi connectivity index (χ2n) is 6.70. The second kappa shape index (κ2) is 5.44. The molecular weight excluding hydrogens is 305 g/mol. The smallest absolute Gasteiger partial charge is 0.160 e. The van der Waals surface area contributed by atoms with E-state index in [1.165, 1.54) is 19.3 Å². The standard InChI is InChI=1S/C16H21Cl2N3/c1-10(17)14-20-12-8-11(18)9-19-15(12)21(14)13-6-4-5-7-16(13,2)3/h8-10,13H,4-7H2,1-3H3. The molecule has 21 heavy (non-hydrogen) atoms. The average Bonchev–Trinajstić information content (AvgIpc) is 2.76. The molecule has 0 bridgehead atoms. The largest absolute Gasteiger partial charge is 0.308 e. The molecule has 3 rings (SSSR count). The molecule has 2 atom stereocenters. The van der Waals surface area contributed by atoms with Gasteiger partial charge in [-0.3, -0.25) is 0 Å². The van der Waals surface area contributed by atoms with E-state index in [1.807, 2.05) is 13.0 Å². The van der Waals surface area contributed by atoms with Crippen molar-refractivity contribution in [2.45, 2.75) is 57.9 Å². The maximum Gasteiger partial charge on any atom is 0.160 e. The van der Waals surface area contributed by atoms with E-state index in [2.05, 4.69) is 23.4 Å². The summed E-state index contributed by atoms with van der Waals surface area (Å²) >= 11 is 12.4. The lowest BCUT2D eigenvalue weighted by Crippen LogP contribution is -2.31. The maximum atomic E-state index is 6.39. The van der Waals surface area contributed by atoms with Gasteiger partial charge in [-0.05, 0) is 31.2 Å². The molecule has 2 aromatic rings. The number of nitrogens with zero attached hydrogens (tertiary/aromatic N) is 3. The van der Waals surface area contributed by atoms with Crippen molar-refractivity contribution in [3.63, 3.8) is 0 Å². The van der Waals surface area contributed by atoms with E-state index >= 15 is 0 Å². The molecule has 5 heteroatoms. The molecule has 3 nitrogen and oxygen atoms in total. The fraction of sp³-hybridized carbons (Fsp3) is 0.625. The number of aromatic nitrogens is 3. The van der Waals surface area contributed by atoms with Gasteiger partial charge in [0.2, 0.25) is 0 Å². The number of alkyl halides is 1. The summed E-state index contributed by atoms with van der Waals surface area (Å²) in [4.78, 5) is 9.23. The Labute approximate surface area is 135 Å². The van der Waals surface area contributed by atoms with Crippen molar-refractivity contribution in [2.75, 3.05) is 0 Å². The van der Waals surface area contributed by atoms with Crippen molar-refractivity contribution in [1.82, 2.24) is 14.5 Å². The molecule has 0 aromatic carbocycles. The molecule has 0 saturated heterocycles. The average molecular weight is 326 g/mol. The van der Waals surface area contributed by atoms with Crippen LogP contribution < -0.4 is 0 Å². The lowest BCUT2D eigenvalue weighted by atomic mass is 9.73. The number of halogens is 2. The van der Waals surface area contributed by atoms with Crippen molar-refractivity contribution in [3.05, 3.63) is 23.1 Å². The van der Waals surface area contributed by atoms with Gasteiger partial charge in [-0.2, -0.15) is 0 Å². The summed E-state index contributed by atoms with van der Waals surface area (Å²) in [5.74, 6) is 0.904. The highest BCUT2D eigenvalue weighted by molar-refractivity contribution is 6.31. The fourth-order valence-corrected chi connectivity index (χ4v) is 3.82. The van der Waals surface area contributed by atoms with Crippen molar-refractivity contribution in [1.29, 1.82) is 0 Å². The molecule has 1 aliphatic rings. The summed E-state index contributed by atoms with van der Waals surface area (Å²) in [6.45, 7) is 6.64. The van der Waals surface area contributed by atoms with Crippen molar-refractivity contribution >= 4 is 34.4 Å². The number of fused-ring (bicyclic) bond motifs is 1. The first-order chi connectivity index (χ1) is 9.90. The highest BCUT2D eigenvalue weighted by Crippen LogP contribution is 2.46. The van der Waals surface area contributed by atoms with Crippen molar-refractivity contribution in [2.24, 2.45) is 5.41 Å². The van der Waals surface area contributed by atoms with Gasteiger partial charge in [0.15, 0.2) is 5.65 Å². The van der Waals surface area contributed by atoms with Crippen LogP contribution in [0, 0.1) is 5.41 Å². The molecule has 0 spiro atoms. The van der Waals surface area contributed by atoms with Crippen LogP contribution in [0.15, 0.2) is 12.3 Å². The van der Waals surface area contributed by atoms with E-state index in [0.29, 0.717) is 11.1 Å². The van der Waals surface area contributed by atoms with Gasteiger partial charge in [-0.25, -0.2) is 9.97 Å². The quantitative estimate of drug-likeness (QED) is 0.680. The fourth-order valence-electron chi connectivity index (χ4n) is 3.52. The zero-order chi connectivity index (χ0) is 15.2. The predicted octanol–water partition coefficient (Wildman–Crippen LogP) is 5.53. The first-order valence-corrected chi connectivity index (χ1v) is 8.39. The van der Waals surface area contributed by atoms with Crippen LogP contribution in [0.25, 0.3) is 11.2 Å². The Balaban J connectivity index is 2.21. The third kappa shape index (κ3) is 2.66. The van der Waals surface area contributed by atoms with E-state index in [1.54, 1.807) is 6.20 Å². The maximum absolute atomic E-state index is 6.39. The van der Waals surface area contributed by atoms with E-state index in [9.17, 15) is 0 Å². The molecule has 1 fully saturated rings. The van der Waals surface area contributed by atoms with Crippen LogP contribution in [-0.2, 0) is 0 Å². The number of rotatable bonds is 2. The lowest BCUT2D eigenvalue weighted by Gasteiger charge is -2.40. The monoisotopic (exact) mass is 325 g/mol. The summed E-state index contributed by atoms with van der Waals surface area (Å²) in [5.41, 5.74) is 1.97. The zero-order valence-corrected chi connectivity index (χ0v) is 14.2. The van der Waals surface area contributed by atoms with Crippen LogP contribution in [0.2, 0.25) is 5.02 Å². The Bertz CT molecular complexity index is 661. The van der Waals surface area contributed by atoms with Gasteiger partial charge in [-0.15, -0.1) is 11.6 Å². The molecule has 1 aliphatic carbocycles. The Hall–Kier alpha value is -0.800. The van der Waals surface area contributed by atoms with Crippen LogP contribution in [0.1, 0.15) is 63.7 Å². The topological polar surface area (TPSA) is 30.7 Å². The first-order valence-electron chi connectivity index (χ1n) is 7.57. The molecule has 2 unspecified atom stereocenters. The number of pyridine rings is 1. The molecule has 114 valence electrons. The summed E-state index contributed by atoms with van der Waals surface area (Å²) in [6, 6.07) is 2.26. The van der Waals surface area contributed by atoms with E-state index in [4.69, 9.17) is 28.2 Å². The summed E-state index contributed by atoms with van der Waals surface area (Å²) < 4.78 is 2.27.